The van der Waals surface area contributed by atoms with E-state index >= 15 is 0 Å². The lowest BCUT2D eigenvalue weighted by Crippen LogP contribution is -2.30. The van der Waals surface area contributed by atoms with Gasteiger partial charge >= 0.3 is 0 Å². The predicted molar refractivity (Wildman–Crippen MR) is 60.1 cm³/mol. The van der Waals surface area contributed by atoms with Crippen LogP contribution in [-0.2, 0) is 0 Å². The maximum Gasteiger partial charge on any atom is 0.138 e. The Morgan fingerprint density at radius 1 is 1.62 bits per heavy atom. The van der Waals surface area contributed by atoms with Crippen LogP contribution in [0.2, 0.25) is 0 Å². The van der Waals surface area contributed by atoms with Gasteiger partial charge in [-0.25, -0.2) is 0 Å². The second kappa shape index (κ2) is 4.95. The van der Waals surface area contributed by atoms with Crippen molar-refractivity contribution in [2.75, 3.05) is 20.2 Å². The van der Waals surface area contributed by atoms with Gasteiger partial charge in [0, 0.05) is 18.3 Å². The van der Waals surface area contributed by atoms with Crippen molar-refractivity contribution >= 4 is 0 Å². The van der Waals surface area contributed by atoms with Crippen molar-refractivity contribution in [2.45, 2.75) is 18.9 Å². The van der Waals surface area contributed by atoms with Gasteiger partial charge in [0.2, 0.25) is 0 Å². The Morgan fingerprint density at radius 2 is 2.50 bits per heavy atom. The molecule has 4 heteroatoms. The van der Waals surface area contributed by atoms with Gasteiger partial charge in [-0.15, -0.1) is 0 Å². The molecule has 1 aliphatic heterocycles. The van der Waals surface area contributed by atoms with Crippen molar-refractivity contribution in [1.29, 1.82) is 5.26 Å². The van der Waals surface area contributed by atoms with Crippen LogP contribution in [0.25, 0.3) is 0 Å². The van der Waals surface area contributed by atoms with Crippen LogP contribution in [0.3, 0.4) is 0 Å². The Hall–Kier alpha value is -1.60. The monoisotopic (exact) mass is 217 g/mol. The minimum atomic E-state index is 0.491. The first-order chi connectivity index (χ1) is 7.79. The fourth-order valence-corrected chi connectivity index (χ4v) is 1.94. The summed E-state index contributed by atoms with van der Waals surface area (Å²) in [5, 5.41) is 8.73. The first kappa shape index (κ1) is 10.9. The summed E-state index contributed by atoms with van der Waals surface area (Å²) in [6.45, 7) is 1.82. The Balaban J connectivity index is 1.92. The van der Waals surface area contributed by atoms with Crippen LogP contribution < -0.4 is 4.74 Å². The molecule has 1 unspecified atom stereocenters. The minimum Gasteiger partial charge on any atom is -0.490 e. The van der Waals surface area contributed by atoms with Gasteiger partial charge in [-0.2, -0.15) is 5.26 Å². The predicted octanol–water partition coefficient (Wildman–Crippen LogP) is 1.43. The summed E-state index contributed by atoms with van der Waals surface area (Å²) < 4.78 is 5.65. The summed E-state index contributed by atoms with van der Waals surface area (Å²) >= 11 is 0. The van der Waals surface area contributed by atoms with Crippen molar-refractivity contribution in [3.8, 4) is 11.8 Å². The highest BCUT2D eigenvalue weighted by Crippen LogP contribution is 2.17. The van der Waals surface area contributed by atoms with Crippen molar-refractivity contribution in [2.24, 2.45) is 0 Å². The van der Waals surface area contributed by atoms with E-state index in [2.05, 4.69) is 23.0 Å². The molecule has 1 saturated heterocycles. The van der Waals surface area contributed by atoms with Gasteiger partial charge in [-0.1, -0.05) is 0 Å². The Bertz CT molecular complexity index is 399. The zero-order valence-electron chi connectivity index (χ0n) is 9.39. The minimum absolute atomic E-state index is 0.491. The van der Waals surface area contributed by atoms with Crippen LogP contribution >= 0.6 is 0 Å². The molecule has 0 saturated carbocycles. The first-order valence-corrected chi connectivity index (χ1v) is 5.48. The summed E-state index contributed by atoms with van der Waals surface area (Å²) in [7, 11) is 2.12. The van der Waals surface area contributed by atoms with E-state index in [9.17, 15) is 0 Å². The third-order valence-corrected chi connectivity index (χ3v) is 2.96. The second-order valence-corrected chi connectivity index (χ2v) is 4.11. The number of ether oxygens (including phenoxy) is 1. The average molecular weight is 217 g/mol. The highest BCUT2D eigenvalue weighted by molar-refractivity contribution is 5.32. The fourth-order valence-electron chi connectivity index (χ4n) is 1.94. The van der Waals surface area contributed by atoms with E-state index in [1.165, 1.54) is 19.0 Å². The second-order valence-electron chi connectivity index (χ2n) is 4.11. The molecule has 0 amide bonds. The van der Waals surface area contributed by atoms with Gasteiger partial charge < -0.3 is 9.64 Å². The van der Waals surface area contributed by atoms with Crippen molar-refractivity contribution in [3.05, 3.63) is 24.0 Å². The van der Waals surface area contributed by atoms with Gasteiger partial charge in [-0.3, -0.25) is 4.98 Å². The number of hydrogen-bond donors (Lipinski definition) is 0. The van der Waals surface area contributed by atoms with Gasteiger partial charge in [0.05, 0.1) is 11.8 Å². The fraction of sp³-hybridized carbons (Fsp3) is 0.500. The third-order valence-electron chi connectivity index (χ3n) is 2.96. The number of rotatable bonds is 3. The Labute approximate surface area is 95.5 Å². The van der Waals surface area contributed by atoms with E-state index < -0.39 is 0 Å². The molecule has 0 bridgehead atoms. The van der Waals surface area contributed by atoms with Crippen LogP contribution in [-0.4, -0.2) is 36.1 Å². The van der Waals surface area contributed by atoms with Crippen molar-refractivity contribution < 1.29 is 4.74 Å². The normalized spacial score (nSPS) is 20.6. The molecule has 1 fully saturated rings. The molecule has 0 N–H and O–H groups in total. The molecule has 1 atom stereocenters. The van der Waals surface area contributed by atoms with Gasteiger partial charge in [0.15, 0.2) is 0 Å². The van der Waals surface area contributed by atoms with Gasteiger partial charge in [0.1, 0.15) is 18.4 Å². The first-order valence-electron chi connectivity index (χ1n) is 5.48. The molecule has 0 spiro atoms. The maximum absolute atomic E-state index is 8.73. The van der Waals surface area contributed by atoms with Crippen LogP contribution in [0.1, 0.15) is 18.4 Å². The number of pyridine rings is 1. The quantitative estimate of drug-likeness (QED) is 0.768. The zero-order valence-corrected chi connectivity index (χ0v) is 9.39. The summed E-state index contributed by atoms with van der Waals surface area (Å²) in [4.78, 5) is 6.27. The third kappa shape index (κ3) is 2.50. The molecule has 84 valence electrons. The lowest BCUT2D eigenvalue weighted by atomic mass is 10.2. The Morgan fingerprint density at radius 3 is 3.19 bits per heavy atom. The smallest absolute Gasteiger partial charge is 0.138 e. The summed E-state index contributed by atoms with van der Waals surface area (Å²) in [6, 6.07) is 4.27. The van der Waals surface area contributed by atoms with Crippen LogP contribution in [0.15, 0.2) is 18.5 Å². The molecule has 2 rings (SSSR count). The van der Waals surface area contributed by atoms with Crippen LogP contribution in [0.4, 0.5) is 0 Å². The van der Waals surface area contributed by atoms with E-state index in [4.69, 9.17) is 10.00 Å². The zero-order chi connectivity index (χ0) is 11.4. The van der Waals surface area contributed by atoms with E-state index in [1.807, 2.05) is 0 Å². The van der Waals surface area contributed by atoms with Crippen LogP contribution in [0, 0.1) is 11.3 Å². The largest absolute Gasteiger partial charge is 0.490 e. The van der Waals surface area contributed by atoms with Crippen molar-refractivity contribution in [1.82, 2.24) is 9.88 Å². The molecule has 16 heavy (non-hydrogen) atoms. The standard InChI is InChI=1S/C12H15N3O/c1-15-4-2-3-11(15)9-16-12-5-10(6-13)7-14-8-12/h5,7-8,11H,2-4,9H2,1H3. The van der Waals surface area contributed by atoms with E-state index in [-0.39, 0.29) is 0 Å². The summed E-state index contributed by atoms with van der Waals surface area (Å²) in [5.74, 6) is 0.680. The number of nitrogens with zero attached hydrogens (tertiary/aromatic N) is 3. The lowest BCUT2D eigenvalue weighted by Gasteiger charge is -2.19. The molecule has 4 nitrogen and oxygen atoms in total. The molecule has 2 heterocycles. The van der Waals surface area contributed by atoms with Crippen molar-refractivity contribution in [3.63, 3.8) is 0 Å². The van der Waals surface area contributed by atoms with Crippen LogP contribution in [0.5, 0.6) is 5.75 Å². The molecular weight excluding hydrogens is 202 g/mol. The summed E-state index contributed by atoms with van der Waals surface area (Å²) in [5.41, 5.74) is 0.539. The van der Waals surface area contributed by atoms with Gasteiger partial charge in [0.25, 0.3) is 0 Å². The highest BCUT2D eigenvalue weighted by Gasteiger charge is 2.21. The molecular formula is C12H15N3O. The number of aromatic nitrogens is 1. The van der Waals surface area contributed by atoms with E-state index in [0.29, 0.717) is 24.0 Å². The summed E-state index contributed by atoms with van der Waals surface area (Å²) in [6.07, 6.45) is 5.60. The molecule has 1 aliphatic rings. The van der Waals surface area contributed by atoms with E-state index in [1.54, 1.807) is 12.3 Å². The molecule has 0 aliphatic carbocycles. The maximum atomic E-state index is 8.73. The molecule has 1 aromatic rings. The number of nitriles is 1. The lowest BCUT2D eigenvalue weighted by molar-refractivity contribution is 0.198. The topological polar surface area (TPSA) is 49.1 Å². The Kier molecular flexibility index (Phi) is 3.37. The number of hydrogen-bond acceptors (Lipinski definition) is 4. The van der Waals surface area contributed by atoms with Gasteiger partial charge in [-0.05, 0) is 26.4 Å². The van der Waals surface area contributed by atoms with E-state index in [0.717, 1.165) is 6.54 Å². The number of likely N-dealkylation sites (tertiary alicyclic amines) is 1. The molecule has 0 radical (unpaired) electrons. The number of likely N-dealkylation sites (N-methyl/N-ethyl adjacent to an activating group) is 1. The molecule has 0 aromatic carbocycles. The highest BCUT2D eigenvalue weighted by atomic mass is 16.5. The average Bonchev–Trinajstić information content (AvgIpc) is 2.72. The molecule has 1 aromatic heterocycles. The SMILES string of the molecule is CN1CCCC1COc1cncc(C#N)c1.